The van der Waals surface area contributed by atoms with E-state index < -0.39 is 0 Å². The van der Waals surface area contributed by atoms with Gasteiger partial charge in [-0.2, -0.15) is 0 Å². The van der Waals surface area contributed by atoms with Gasteiger partial charge in [0.1, 0.15) is 5.82 Å². The normalized spacial score (nSPS) is 17.8. The van der Waals surface area contributed by atoms with E-state index in [0.29, 0.717) is 5.56 Å². The van der Waals surface area contributed by atoms with Crippen LogP contribution in [0.1, 0.15) is 46.8 Å². The van der Waals surface area contributed by atoms with Crippen LogP contribution >= 0.6 is 0 Å². The van der Waals surface area contributed by atoms with E-state index in [-0.39, 0.29) is 17.8 Å². The summed E-state index contributed by atoms with van der Waals surface area (Å²) in [6.45, 7) is 1.62. The summed E-state index contributed by atoms with van der Waals surface area (Å²) >= 11 is 0. The minimum absolute atomic E-state index is 0.0675. The molecule has 2 aromatic rings. The third-order valence-corrected chi connectivity index (χ3v) is 4.70. The Balaban J connectivity index is 1.82. The smallest absolute Gasteiger partial charge is 0.254 e. The third-order valence-electron chi connectivity index (χ3n) is 4.70. The van der Waals surface area contributed by atoms with Crippen molar-refractivity contribution in [3.05, 3.63) is 71.0 Å². The van der Waals surface area contributed by atoms with Crippen LogP contribution in [0.2, 0.25) is 0 Å². The van der Waals surface area contributed by atoms with Gasteiger partial charge in [0.2, 0.25) is 0 Å². The molecule has 0 aromatic heterocycles. The summed E-state index contributed by atoms with van der Waals surface area (Å²) in [6, 6.07) is 14.6. The van der Waals surface area contributed by atoms with Gasteiger partial charge >= 0.3 is 0 Å². The van der Waals surface area contributed by atoms with Gasteiger partial charge in [0.15, 0.2) is 0 Å². The molecular formula is C21H25FN2O. The fourth-order valence-corrected chi connectivity index (χ4v) is 3.52. The molecule has 0 spiro atoms. The number of benzene rings is 2. The molecule has 0 bridgehead atoms. The first-order valence-electron chi connectivity index (χ1n) is 8.85. The van der Waals surface area contributed by atoms with E-state index in [4.69, 9.17) is 0 Å². The van der Waals surface area contributed by atoms with E-state index in [0.717, 1.165) is 37.9 Å². The summed E-state index contributed by atoms with van der Waals surface area (Å²) in [4.78, 5) is 16.9. The molecule has 4 heteroatoms. The first-order valence-corrected chi connectivity index (χ1v) is 8.85. The van der Waals surface area contributed by atoms with Crippen LogP contribution in [-0.2, 0) is 6.54 Å². The Morgan fingerprint density at radius 1 is 1.16 bits per heavy atom. The first kappa shape index (κ1) is 17.6. The molecule has 1 saturated heterocycles. The van der Waals surface area contributed by atoms with Crippen molar-refractivity contribution in [3.63, 3.8) is 0 Å². The predicted molar refractivity (Wildman–Crippen MR) is 97.9 cm³/mol. The molecule has 0 unspecified atom stereocenters. The summed E-state index contributed by atoms with van der Waals surface area (Å²) in [6.07, 6.45) is 3.06. The van der Waals surface area contributed by atoms with Crippen LogP contribution < -0.4 is 0 Å². The van der Waals surface area contributed by atoms with E-state index in [1.165, 1.54) is 17.7 Å². The van der Waals surface area contributed by atoms with E-state index in [9.17, 15) is 9.18 Å². The molecule has 0 aliphatic carbocycles. The molecule has 3 rings (SSSR count). The minimum atomic E-state index is -0.368. The summed E-state index contributed by atoms with van der Waals surface area (Å²) in [5.74, 6) is -0.450. The van der Waals surface area contributed by atoms with Gasteiger partial charge in [-0.15, -0.1) is 0 Å². The number of nitrogens with zero attached hydrogens (tertiary/aromatic N) is 2. The van der Waals surface area contributed by atoms with Crippen molar-refractivity contribution in [1.29, 1.82) is 0 Å². The van der Waals surface area contributed by atoms with E-state index in [1.54, 1.807) is 12.1 Å². The Bertz CT molecular complexity index is 727. The quantitative estimate of drug-likeness (QED) is 0.830. The number of carbonyl (C=O) groups excluding carboxylic acids is 1. The van der Waals surface area contributed by atoms with Gasteiger partial charge in [-0.05, 0) is 62.7 Å². The second-order valence-electron chi connectivity index (χ2n) is 7.00. The van der Waals surface area contributed by atoms with Crippen LogP contribution in [-0.4, -0.2) is 36.3 Å². The number of likely N-dealkylation sites (tertiary alicyclic amines) is 1. The number of hydrogen-bond acceptors (Lipinski definition) is 2. The molecule has 1 fully saturated rings. The van der Waals surface area contributed by atoms with Crippen molar-refractivity contribution < 1.29 is 9.18 Å². The zero-order valence-corrected chi connectivity index (χ0v) is 14.9. The first-order chi connectivity index (χ1) is 12.0. The Hall–Kier alpha value is -2.20. The van der Waals surface area contributed by atoms with Crippen molar-refractivity contribution in [2.24, 2.45) is 0 Å². The Labute approximate surface area is 149 Å². The predicted octanol–water partition coefficient (Wildman–Crippen LogP) is 4.25. The SMILES string of the molecule is CN(C)Cc1ccc([C@H]2CCCCN2C(=O)c2cccc(F)c2)cc1. The molecular weight excluding hydrogens is 315 g/mol. The molecule has 1 aliphatic heterocycles. The summed E-state index contributed by atoms with van der Waals surface area (Å²) in [5, 5.41) is 0. The molecule has 1 amide bonds. The molecule has 0 radical (unpaired) electrons. The fourth-order valence-electron chi connectivity index (χ4n) is 3.52. The third kappa shape index (κ3) is 4.26. The lowest BCUT2D eigenvalue weighted by Crippen LogP contribution is -2.38. The van der Waals surface area contributed by atoms with E-state index in [1.807, 2.05) is 4.90 Å². The van der Waals surface area contributed by atoms with Crippen LogP contribution in [0.15, 0.2) is 48.5 Å². The Morgan fingerprint density at radius 3 is 2.60 bits per heavy atom. The van der Waals surface area contributed by atoms with E-state index >= 15 is 0 Å². The molecule has 3 nitrogen and oxygen atoms in total. The molecule has 132 valence electrons. The lowest BCUT2D eigenvalue weighted by Gasteiger charge is -2.36. The van der Waals surface area contributed by atoms with Gasteiger partial charge in [-0.1, -0.05) is 30.3 Å². The fraction of sp³-hybridized carbons (Fsp3) is 0.381. The average molecular weight is 340 g/mol. The molecule has 25 heavy (non-hydrogen) atoms. The monoisotopic (exact) mass is 340 g/mol. The zero-order chi connectivity index (χ0) is 17.8. The molecule has 1 heterocycles. The Kier molecular flexibility index (Phi) is 5.49. The van der Waals surface area contributed by atoms with Crippen LogP contribution in [0.4, 0.5) is 4.39 Å². The Morgan fingerprint density at radius 2 is 1.92 bits per heavy atom. The maximum atomic E-state index is 13.5. The number of piperidine rings is 1. The van der Waals surface area contributed by atoms with Crippen molar-refractivity contribution >= 4 is 5.91 Å². The largest absolute Gasteiger partial charge is 0.332 e. The lowest BCUT2D eigenvalue weighted by molar-refractivity contribution is 0.0611. The number of hydrogen-bond donors (Lipinski definition) is 0. The molecule has 0 N–H and O–H groups in total. The standard InChI is InChI=1S/C21H25FN2O/c1-23(2)15-16-9-11-17(12-10-16)20-8-3-4-13-24(20)21(25)18-6-5-7-19(22)14-18/h5-7,9-12,14,20H,3-4,8,13,15H2,1-2H3/t20-/m1/s1. The van der Waals surface area contributed by atoms with Crippen molar-refractivity contribution in [2.75, 3.05) is 20.6 Å². The van der Waals surface area contributed by atoms with Gasteiger partial charge in [0, 0.05) is 18.7 Å². The maximum Gasteiger partial charge on any atom is 0.254 e. The van der Waals surface area contributed by atoms with Crippen molar-refractivity contribution in [1.82, 2.24) is 9.80 Å². The molecule has 2 aromatic carbocycles. The van der Waals surface area contributed by atoms with Crippen molar-refractivity contribution in [2.45, 2.75) is 31.8 Å². The van der Waals surface area contributed by atoms with Crippen LogP contribution in [0.5, 0.6) is 0 Å². The molecule has 1 aliphatic rings. The summed E-state index contributed by atoms with van der Waals surface area (Å²) < 4.78 is 13.5. The highest BCUT2D eigenvalue weighted by Crippen LogP contribution is 2.32. The highest BCUT2D eigenvalue weighted by Gasteiger charge is 2.28. The summed E-state index contributed by atoms with van der Waals surface area (Å²) in [5.41, 5.74) is 2.84. The highest BCUT2D eigenvalue weighted by atomic mass is 19.1. The van der Waals surface area contributed by atoms with Gasteiger partial charge in [-0.25, -0.2) is 4.39 Å². The van der Waals surface area contributed by atoms with Gasteiger partial charge in [0.05, 0.1) is 6.04 Å². The van der Waals surface area contributed by atoms with Gasteiger partial charge in [-0.3, -0.25) is 4.79 Å². The lowest BCUT2D eigenvalue weighted by atomic mass is 9.93. The van der Waals surface area contributed by atoms with Crippen LogP contribution in [0.25, 0.3) is 0 Å². The molecule has 1 atom stereocenters. The average Bonchev–Trinajstić information content (AvgIpc) is 2.61. The number of amides is 1. The van der Waals surface area contributed by atoms with Crippen molar-refractivity contribution in [3.8, 4) is 0 Å². The van der Waals surface area contributed by atoms with Gasteiger partial charge < -0.3 is 9.80 Å². The minimum Gasteiger partial charge on any atom is -0.332 e. The van der Waals surface area contributed by atoms with Crippen LogP contribution in [0, 0.1) is 5.82 Å². The van der Waals surface area contributed by atoms with E-state index in [2.05, 4.69) is 43.3 Å². The number of rotatable bonds is 4. The maximum absolute atomic E-state index is 13.5. The molecule has 0 saturated carbocycles. The van der Waals surface area contributed by atoms with Gasteiger partial charge in [0.25, 0.3) is 5.91 Å². The topological polar surface area (TPSA) is 23.6 Å². The highest BCUT2D eigenvalue weighted by molar-refractivity contribution is 5.94. The number of carbonyl (C=O) groups is 1. The van der Waals surface area contributed by atoms with Crippen LogP contribution in [0.3, 0.4) is 0 Å². The zero-order valence-electron chi connectivity index (χ0n) is 14.9. The second kappa shape index (κ2) is 7.79. The number of halogens is 1. The summed E-state index contributed by atoms with van der Waals surface area (Å²) in [7, 11) is 4.10. The second-order valence-corrected chi connectivity index (χ2v) is 7.00.